The Balaban J connectivity index is 1.99. The third-order valence-electron chi connectivity index (χ3n) is 3.74. The lowest BCUT2D eigenvalue weighted by atomic mass is 10.0. The maximum absolute atomic E-state index is 5.83. The molecule has 24 heavy (non-hydrogen) atoms. The average molecular weight is 345 g/mol. The second kappa shape index (κ2) is 7.53. The van der Waals surface area contributed by atoms with Gasteiger partial charge in [-0.05, 0) is 23.8 Å². The molecule has 0 saturated heterocycles. The van der Waals surface area contributed by atoms with E-state index in [2.05, 4.69) is 40.9 Å². The molecule has 0 radical (unpaired) electrons. The van der Waals surface area contributed by atoms with E-state index in [9.17, 15) is 0 Å². The molecule has 1 aliphatic rings. The summed E-state index contributed by atoms with van der Waals surface area (Å²) in [6.07, 6.45) is 7.50. The number of fused-ring (bicyclic) bond motifs is 1. The number of rotatable bonds is 6. The predicted molar refractivity (Wildman–Crippen MR) is 96.7 cm³/mol. The van der Waals surface area contributed by atoms with Crippen LogP contribution in [0.1, 0.15) is 32.5 Å². The molecule has 126 valence electrons. The van der Waals surface area contributed by atoms with E-state index in [1.165, 1.54) is 0 Å². The standard InChI is InChI=1S/C17H20N4O2S/c1-3-10-21(23-24)12-7-8-13(15(11-12)22-4-2)16-19-14-6-5-9-18-17(14)20-16/h5-6,8-9,11H,3-4,7,10H2,1-2H3,(H-,18,19,20,24)/p+1. The van der Waals surface area contributed by atoms with Gasteiger partial charge in [0.25, 0.3) is 0 Å². The van der Waals surface area contributed by atoms with Crippen LogP contribution in [0.25, 0.3) is 16.7 Å². The van der Waals surface area contributed by atoms with Crippen LogP contribution in [0.3, 0.4) is 0 Å². The first-order valence-corrected chi connectivity index (χ1v) is 8.44. The number of H-pyrrole nitrogens is 1. The van der Waals surface area contributed by atoms with Gasteiger partial charge in [0.05, 0.1) is 30.2 Å². The minimum Gasteiger partial charge on any atom is -0.493 e. The van der Waals surface area contributed by atoms with E-state index in [0.29, 0.717) is 12.3 Å². The molecule has 3 rings (SSSR count). The molecule has 7 heteroatoms. The van der Waals surface area contributed by atoms with Crippen molar-refractivity contribution in [1.29, 1.82) is 0 Å². The normalized spacial score (nSPS) is 16.6. The van der Waals surface area contributed by atoms with Gasteiger partial charge in [-0.1, -0.05) is 13.0 Å². The fourth-order valence-corrected chi connectivity index (χ4v) is 2.86. The first kappa shape index (κ1) is 16.6. The number of aromatic nitrogens is 3. The summed E-state index contributed by atoms with van der Waals surface area (Å²) in [5.41, 5.74) is 3.55. The second-order valence-corrected chi connectivity index (χ2v) is 5.56. The summed E-state index contributed by atoms with van der Waals surface area (Å²) < 4.78 is 12.8. The molecule has 2 heterocycles. The van der Waals surface area contributed by atoms with Crippen LogP contribution in [0.5, 0.6) is 0 Å². The van der Waals surface area contributed by atoms with E-state index in [1.54, 1.807) is 10.9 Å². The van der Waals surface area contributed by atoms with Crippen molar-refractivity contribution in [3.8, 4) is 0 Å². The molecule has 2 aromatic rings. The predicted octanol–water partition coefficient (Wildman–Crippen LogP) is 3.31. The van der Waals surface area contributed by atoms with Crippen molar-refractivity contribution >= 4 is 35.4 Å². The van der Waals surface area contributed by atoms with Gasteiger partial charge in [0.15, 0.2) is 12.2 Å². The zero-order valence-electron chi connectivity index (χ0n) is 13.8. The van der Waals surface area contributed by atoms with Crippen LogP contribution in [0.4, 0.5) is 0 Å². The van der Waals surface area contributed by atoms with E-state index < -0.39 is 0 Å². The molecule has 0 atom stereocenters. The van der Waals surface area contributed by atoms with E-state index in [0.717, 1.165) is 47.8 Å². The Morgan fingerprint density at radius 3 is 2.96 bits per heavy atom. The van der Waals surface area contributed by atoms with Crippen molar-refractivity contribution < 1.29 is 13.8 Å². The molecule has 0 aliphatic heterocycles. The number of hydrogen-bond acceptors (Lipinski definition) is 5. The first-order chi connectivity index (χ1) is 11.8. The molecule has 1 aliphatic carbocycles. The fourth-order valence-electron chi connectivity index (χ4n) is 2.67. The summed E-state index contributed by atoms with van der Waals surface area (Å²) in [4.78, 5) is 12.2. The molecule has 6 nitrogen and oxygen atoms in total. The molecule has 0 aromatic carbocycles. The largest absolute Gasteiger partial charge is 0.493 e. The number of pyridine rings is 1. The third kappa shape index (κ3) is 3.31. The van der Waals surface area contributed by atoms with Gasteiger partial charge in [0, 0.05) is 12.6 Å². The van der Waals surface area contributed by atoms with E-state index in [-0.39, 0.29) is 0 Å². The first-order valence-electron chi connectivity index (χ1n) is 8.07. The highest BCUT2D eigenvalue weighted by molar-refractivity contribution is 7.74. The van der Waals surface area contributed by atoms with Gasteiger partial charge in [0.2, 0.25) is 5.71 Å². The summed E-state index contributed by atoms with van der Waals surface area (Å²) >= 11 is 3.96. The Morgan fingerprint density at radius 1 is 1.38 bits per heavy atom. The number of hydrogen-bond donors (Lipinski definition) is 2. The van der Waals surface area contributed by atoms with Gasteiger partial charge in [-0.25, -0.2) is 14.3 Å². The van der Waals surface area contributed by atoms with Gasteiger partial charge in [-0.2, -0.15) is 0 Å². The number of imidazole rings is 1. The number of hydroxylamine groups is 1. The maximum Gasteiger partial charge on any atom is 0.236 e. The number of nitrogens with zero attached hydrogens (tertiary/aromatic N) is 3. The summed E-state index contributed by atoms with van der Waals surface area (Å²) in [5.74, 6) is 1.53. The summed E-state index contributed by atoms with van der Waals surface area (Å²) in [6, 6.07) is 3.85. The van der Waals surface area contributed by atoms with Crippen LogP contribution in [-0.2, 0) is 9.02 Å². The molecule has 0 unspecified atom stereocenters. The Kier molecular flexibility index (Phi) is 5.20. The topological polar surface area (TPSA) is 63.0 Å². The summed E-state index contributed by atoms with van der Waals surface area (Å²) in [7, 11) is 0. The number of nitrogens with one attached hydrogen (secondary N) is 1. The van der Waals surface area contributed by atoms with Crippen molar-refractivity contribution in [3.63, 3.8) is 0 Å². The van der Waals surface area contributed by atoms with E-state index >= 15 is 0 Å². The van der Waals surface area contributed by atoms with Gasteiger partial charge in [-0.3, -0.25) is 0 Å². The van der Waals surface area contributed by atoms with Gasteiger partial charge in [-0.15, -0.1) is 0 Å². The van der Waals surface area contributed by atoms with E-state index in [4.69, 9.17) is 9.02 Å². The lowest BCUT2D eigenvalue weighted by molar-refractivity contribution is -0.740. The van der Waals surface area contributed by atoms with Crippen LogP contribution in [0.15, 0.2) is 36.2 Å². The maximum atomic E-state index is 5.83. The molecule has 0 amide bonds. The minimum atomic E-state index is 0.574. The second-order valence-electron chi connectivity index (χ2n) is 5.40. The molecule has 0 spiro atoms. The highest BCUT2D eigenvalue weighted by Gasteiger charge is 2.24. The van der Waals surface area contributed by atoms with Crippen molar-refractivity contribution in [3.05, 3.63) is 42.1 Å². The number of ether oxygens (including phenoxy) is 1. The Hall–Kier alpha value is -2.28. The van der Waals surface area contributed by atoms with Crippen molar-refractivity contribution in [1.82, 2.24) is 15.0 Å². The lowest BCUT2D eigenvalue weighted by Gasteiger charge is -2.14. The zero-order chi connectivity index (χ0) is 16.9. The molecule has 0 bridgehead atoms. The van der Waals surface area contributed by atoms with Crippen LogP contribution in [0, 0.1) is 0 Å². The SMILES string of the molecule is CCC[N+](OS)=C1C=C(OCC)C(c2nc3ncccc3[nH]2)=CC1. The molecular formula is C17H21N4O2S+. The fraction of sp³-hybridized carbons (Fsp3) is 0.353. The Morgan fingerprint density at radius 2 is 2.25 bits per heavy atom. The van der Waals surface area contributed by atoms with Crippen LogP contribution in [-0.4, -0.2) is 38.6 Å². The molecule has 0 fully saturated rings. The zero-order valence-corrected chi connectivity index (χ0v) is 14.7. The Labute approximate surface area is 146 Å². The van der Waals surface area contributed by atoms with Crippen LogP contribution < -0.4 is 0 Å². The van der Waals surface area contributed by atoms with Gasteiger partial charge in [0.1, 0.15) is 24.5 Å². The number of aromatic amines is 1. The lowest BCUT2D eigenvalue weighted by Crippen LogP contribution is -2.21. The Bertz CT molecular complexity index is 790. The third-order valence-corrected chi connectivity index (χ3v) is 3.93. The van der Waals surface area contributed by atoms with Crippen LogP contribution in [0.2, 0.25) is 0 Å². The molecule has 0 saturated carbocycles. The molecule has 1 N–H and O–H groups in total. The van der Waals surface area contributed by atoms with Crippen molar-refractivity contribution in [2.45, 2.75) is 26.7 Å². The number of thiol groups is 1. The monoisotopic (exact) mass is 345 g/mol. The summed E-state index contributed by atoms with van der Waals surface area (Å²) in [6.45, 7) is 5.40. The van der Waals surface area contributed by atoms with Gasteiger partial charge < -0.3 is 9.72 Å². The highest BCUT2D eigenvalue weighted by Crippen LogP contribution is 2.27. The van der Waals surface area contributed by atoms with Gasteiger partial charge >= 0.3 is 0 Å². The molecular weight excluding hydrogens is 324 g/mol. The van der Waals surface area contributed by atoms with E-state index in [1.807, 2.05) is 25.1 Å². The smallest absolute Gasteiger partial charge is 0.236 e. The number of allylic oxidation sites excluding steroid dienone is 3. The van der Waals surface area contributed by atoms with Crippen molar-refractivity contribution in [2.75, 3.05) is 13.2 Å². The minimum absolute atomic E-state index is 0.574. The quantitative estimate of drug-likeness (QED) is 0.365. The molecule has 2 aromatic heterocycles. The van der Waals surface area contributed by atoms with Crippen molar-refractivity contribution in [2.24, 2.45) is 0 Å². The average Bonchev–Trinajstić information content (AvgIpc) is 3.03. The summed E-state index contributed by atoms with van der Waals surface area (Å²) in [5, 5.41) is 0. The van der Waals surface area contributed by atoms with Crippen LogP contribution >= 0.6 is 12.9 Å². The highest BCUT2D eigenvalue weighted by atomic mass is 32.1.